The van der Waals surface area contributed by atoms with Crippen molar-refractivity contribution in [2.75, 3.05) is 64.7 Å². The van der Waals surface area contributed by atoms with Gasteiger partial charge in [-0.1, -0.05) is 29.3 Å². The molecule has 0 radical (unpaired) electrons. The van der Waals surface area contributed by atoms with Crippen molar-refractivity contribution in [2.45, 2.75) is 51.4 Å². The van der Waals surface area contributed by atoms with E-state index in [1.54, 1.807) is 11.8 Å². The summed E-state index contributed by atoms with van der Waals surface area (Å²) in [5.74, 6) is 1.48. The van der Waals surface area contributed by atoms with Crippen LogP contribution in [0.4, 0.5) is 5.69 Å². The van der Waals surface area contributed by atoms with E-state index in [1.165, 1.54) is 10.5 Å². The Labute approximate surface area is 417 Å². The van der Waals surface area contributed by atoms with Crippen LogP contribution in [0.5, 0.6) is 5.75 Å². The summed E-state index contributed by atoms with van der Waals surface area (Å²) in [7, 11) is 0. The number of aliphatic imine (C=N–C) groups is 1. The van der Waals surface area contributed by atoms with E-state index >= 15 is 0 Å². The van der Waals surface area contributed by atoms with Gasteiger partial charge in [0.15, 0.2) is 12.4 Å². The molecule has 1 aromatic heterocycles. The minimum absolute atomic E-state index is 0.0170. The number of ether oxygens (including phenoxy) is 4. The lowest BCUT2D eigenvalue weighted by atomic mass is 9.90. The summed E-state index contributed by atoms with van der Waals surface area (Å²) in [6.07, 6.45) is 3.26. The maximum absolute atomic E-state index is 13.2. The van der Waals surface area contributed by atoms with Crippen molar-refractivity contribution in [3.63, 3.8) is 0 Å². The van der Waals surface area contributed by atoms with E-state index in [0.29, 0.717) is 96.7 Å². The summed E-state index contributed by atoms with van der Waals surface area (Å²) in [5, 5.41) is 18.4. The second-order valence-corrected chi connectivity index (χ2v) is 20.2. The number of allylic oxidation sites excluding steroid dienone is 2. The van der Waals surface area contributed by atoms with Crippen molar-refractivity contribution in [2.24, 2.45) is 10.9 Å². The van der Waals surface area contributed by atoms with Crippen molar-refractivity contribution in [1.29, 1.82) is 0 Å². The topological polar surface area (TPSA) is 167 Å². The average molecular weight is 1170 g/mol. The number of thioether (sulfide) groups is 1. The van der Waals surface area contributed by atoms with Crippen LogP contribution in [-0.2, 0) is 28.6 Å². The zero-order valence-electron chi connectivity index (χ0n) is 36.1. The molecule has 3 atom stereocenters. The fourth-order valence-corrected chi connectivity index (χ4v) is 11.2. The molecule has 0 fully saturated rings. The highest BCUT2D eigenvalue weighted by Gasteiger charge is 2.43. The van der Waals surface area contributed by atoms with Gasteiger partial charge in [-0.15, -0.1) is 22.0 Å². The number of anilines is 1. The predicted octanol–water partition coefficient (Wildman–Crippen LogP) is 9.09. The first-order chi connectivity index (χ1) is 31.4. The lowest BCUT2D eigenvalue weighted by Gasteiger charge is -2.23. The van der Waals surface area contributed by atoms with Crippen molar-refractivity contribution >= 4 is 119 Å². The van der Waals surface area contributed by atoms with Crippen LogP contribution in [0.3, 0.4) is 0 Å². The number of benzene rings is 3. The second kappa shape index (κ2) is 23.4. The molecule has 0 aliphatic carbocycles. The quantitative estimate of drug-likeness (QED) is 0.0416. The van der Waals surface area contributed by atoms with Gasteiger partial charge in [0.05, 0.1) is 58.8 Å². The lowest BCUT2D eigenvalue weighted by molar-refractivity contribution is -0.123. The SMILES string of the molecule is CC1=C(C)C2C(c3ccc(Cl)cc3)=N[C@@H](CC(=O)NCCCOCCOCCOCCCNC(=O)COc3c(Br)cc(/C=C4\C(=O)Nc5ccc(I)cc54)cc3Br)c3nnc(C)n3C2S1. The smallest absolute Gasteiger partial charge is 0.257 e. The van der Waals surface area contributed by atoms with Gasteiger partial charge in [-0.25, -0.2) is 0 Å². The molecule has 65 heavy (non-hydrogen) atoms. The molecule has 14 nitrogen and oxygen atoms in total. The Morgan fingerprint density at radius 3 is 2.22 bits per heavy atom. The average Bonchev–Trinajstić information content (AvgIpc) is 3.87. The molecule has 3 aromatic carbocycles. The van der Waals surface area contributed by atoms with E-state index in [-0.39, 0.29) is 42.0 Å². The summed E-state index contributed by atoms with van der Waals surface area (Å²) in [5.41, 5.74) is 6.18. The Balaban J connectivity index is 0.726. The molecule has 4 heterocycles. The fraction of sp³-hybridized carbons (Fsp3) is 0.391. The monoisotopic (exact) mass is 1160 g/mol. The number of rotatable bonds is 21. The molecular formula is C46H49Br2ClIN7O7S. The number of hydrogen-bond acceptors (Lipinski definition) is 11. The van der Waals surface area contributed by atoms with Gasteiger partial charge < -0.3 is 34.9 Å². The molecule has 4 aromatic rings. The molecule has 3 aliphatic rings. The van der Waals surface area contributed by atoms with Crippen molar-refractivity contribution < 1.29 is 33.3 Å². The van der Waals surface area contributed by atoms with Gasteiger partial charge in [0, 0.05) is 51.7 Å². The van der Waals surface area contributed by atoms with E-state index in [0.717, 1.165) is 37.5 Å². The normalized spacial score (nSPS) is 18.2. The zero-order valence-corrected chi connectivity index (χ0v) is 43.0. The van der Waals surface area contributed by atoms with Crippen LogP contribution in [0, 0.1) is 16.4 Å². The number of fused-ring (bicyclic) bond motifs is 4. The molecule has 0 saturated carbocycles. The van der Waals surface area contributed by atoms with Gasteiger partial charge in [-0.2, -0.15) is 0 Å². The summed E-state index contributed by atoms with van der Waals surface area (Å²) >= 11 is 17.3. The maximum atomic E-state index is 13.2. The number of nitrogens with one attached hydrogen (secondary N) is 3. The Morgan fingerprint density at radius 2 is 1.54 bits per heavy atom. The third-order valence-electron chi connectivity index (χ3n) is 10.9. The van der Waals surface area contributed by atoms with E-state index in [4.69, 9.17) is 35.5 Å². The predicted molar refractivity (Wildman–Crippen MR) is 269 cm³/mol. The Kier molecular flexibility index (Phi) is 17.7. The fourth-order valence-electron chi connectivity index (χ4n) is 7.62. The molecule has 3 amide bonds. The third kappa shape index (κ3) is 12.7. The molecule has 3 aliphatic heterocycles. The number of hydrogen-bond donors (Lipinski definition) is 3. The van der Waals surface area contributed by atoms with E-state index < -0.39 is 6.04 Å². The van der Waals surface area contributed by atoms with Crippen LogP contribution in [0.1, 0.15) is 72.9 Å². The number of carbonyl (C=O) groups excluding carboxylic acids is 3. The second-order valence-electron chi connectivity index (χ2n) is 15.5. The number of aryl methyl sites for hydroxylation is 1. The van der Waals surface area contributed by atoms with Gasteiger partial charge >= 0.3 is 0 Å². The lowest BCUT2D eigenvalue weighted by Crippen LogP contribution is -2.30. The zero-order chi connectivity index (χ0) is 46.0. The van der Waals surface area contributed by atoms with Crippen molar-refractivity contribution in [3.8, 4) is 5.75 Å². The van der Waals surface area contributed by atoms with E-state index in [9.17, 15) is 14.4 Å². The Morgan fingerprint density at radius 1 is 0.892 bits per heavy atom. The van der Waals surface area contributed by atoms with Crippen LogP contribution in [-0.4, -0.2) is 97.5 Å². The number of nitrogens with zero attached hydrogens (tertiary/aromatic N) is 4. The van der Waals surface area contributed by atoms with Crippen LogP contribution < -0.4 is 20.7 Å². The molecule has 2 unspecified atom stereocenters. The van der Waals surface area contributed by atoms with E-state index in [2.05, 4.69) is 99.0 Å². The highest BCUT2D eigenvalue weighted by molar-refractivity contribution is 14.1. The molecule has 344 valence electrons. The van der Waals surface area contributed by atoms with E-state index in [1.807, 2.05) is 67.6 Å². The number of amides is 3. The van der Waals surface area contributed by atoms with Gasteiger partial charge in [-0.05, 0) is 153 Å². The Bertz CT molecular complexity index is 2480. The first kappa shape index (κ1) is 49.3. The van der Waals surface area contributed by atoms with Crippen LogP contribution >= 0.6 is 77.8 Å². The third-order valence-corrected chi connectivity index (χ3v) is 14.4. The van der Waals surface area contributed by atoms with Crippen LogP contribution in [0.25, 0.3) is 11.6 Å². The number of halogens is 4. The van der Waals surface area contributed by atoms with Gasteiger partial charge in [-0.3, -0.25) is 23.9 Å². The van der Waals surface area contributed by atoms with Crippen LogP contribution in [0.15, 0.2) is 79.0 Å². The molecule has 3 N–H and O–H groups in total. The Hall–Kier alpha value is -3.63. The van der Waals surface area contributed by atoms with Gasteiger partial charge in [0.2, 0.25) is 5.91 Å². The molecule has 0 saturated heterocycles. The summed E-state index contributed by atoms with van der Waals surface area (Å²) < 4.78 is 27.2. The van der Waals surface area contributed by atoms with Crippen molar-refractivity contribution in [1.82, 2.24) is 25.4 Å². The summed E-state index contributed by atoms with van der Waals surface area (Å²) in [6.45, 7) is 9.64. The molecule has 0 spiro atoms. The number of aromatic nitrogens is 3. The standard InChI is InChI=1S/C46H49Br2ClIN7O7S/c1-26-27(2)65-46-41(26)42(30-6-8-31(49)9-7-30)53-38(44-56-55-28(3)57(44)46)24-39(58)51-12-4-14-61-16-18-63-19-17-62-15-5-13-52-40(59)25-64-43-35(47)21-29(22-36(43)48)20-34-33-23-32(50)10-11-37(33)54-45(34)60/h6-11,20-23,38,41,46H,4-5,12-19,24-25H2,1-3H3,(H,51,58)(H,52,59)(H,54,60)/b34-20-/t38-,41?,46?/m0/s1. The minimum Gasteiger partial charge on any atom is -0.481 e. The first-order valence-corrected chi connectivity index (χ1v) is 25.1. The summed E-state index contributed by atoms with van der Waals surface area (Å²) in [6, 6.07) is 16.7. The first-order valence-electron chi connectivity index (χ1n) is 21.2. The number of carbonyl (C=O) groups is 3. The molecule has 7 rings (SSSR count). The summed E-state index contributed by atoms with van der Waals surface area (Å²) in [4.78, 5) is 44.8. The van der Waals surface area contributed by atoms with Crippen molar-refractivity contribution in [3.05, 3.63) is 111 Å². The van der Waals surface area contributed by atoms with Crippen LogP contribution in [0.2, 0.25) is 5.02 Å². The molecule has 19 heteroatoms. The maximum Gasteiger partial charge on any atom is 0.257 e. The molecular weight excluding hydrogens is 1120 g/mol. The largest absolute Gasteiger partial charge is 0.481 e. The highest BCUT2D eigenvalue weighted by atomic mass is 127. The van der Waals surface area contributed by atoms with Gasteiger partial charge in [0.1, 0.15) is 17.6 Å². The minimum atomic E-state index is -0.490. The highest BCUT2D eigenvalue weighted by Crippen LogP contribution is 2.53. The van der Waals surface area contributed by atoms with Gasteiger partial charge in [0.25, 0.3) is 11.8 Å². The molecule has 0 bridgehead atoms.